The maximum absolute atomic E-state index is 13.8. The lowest BCUT2D eigenvalue weighted by atomic mass is 9.89. The molecule has 9 nitrogen and oxygen atoms in total. The van der Waals surface area contributed by atoms with E-state index in [0.29, 0.717) is 35.0 Å². The second-order valence-corrected chi connectivity index (χ2v) is 7.59. The number of pyridine rings is 1. The molecule has 0 saturated heterocycles. The quantitative estimate of drug-likeness (QED) is 0.444. The van der Waals surface area contributed by atoms with Gasteiger partial charge in [-0.3, -0.25) is 9.48 Å². The molecule has 0 radical (unpaired) electrons. The number of rotatable bonds is 7. The third-order valence-electron chi connectivity index (χ3n) is 5.48. The molecule has 0 unspecified atom stereocenters. The van der Waals surface area contributed by atoms with Gasteiger partial charge in [-0.15, -0.1) is 0 Å². The molecule has 4 aromatic rings. The zero-order chi connectivity index (χ0) is 22.2. The fourth-order valence-corrected chi connectivity index (χ4v) is 3.79. The van der Waals surface area contributed by atoms with E-state index in [9.17, 15) is 9.18 Å². The van der Waals surface area contributed by atoms with Crippen molar-refractivity contribution in [2.24, 2.45) is 5.73 Å². The van der Waals surface area contributed by atoms with Crippen molar-refractivity contribution in [3.05, 3.63) is 60.6 Å². The number of hydrogen-bond donors (Lipinski definition) is 1. The topological polar surface area (TPSA) is 114 Å². The summed E-state index contributed by atoms with van der Waals surface area (Å²) in [6.07, 6.45) is 7.18. The minimum absolute atomic E-state index is 0.0686. The Morgan fingerprint density at radius 2 is 2.12 bits per heavy atom. The smallest absolute Gasteiger partial charge is 0.284 e. The largest absolute Gasteiger partial charge is 0.451 e. The lowest BCUT2D eigenvalue weighted by Gasteiger charge is -2.34. The minimum atomic E-state index is -0.643. The average Bonchev–Trinajstić information content (AvgIpc) is 3.49. The Labute approximate surface area is 182 Å². The van der Waals surface area contributed by atoms with Crippen LogP contribution in [0.2, 0.25) is 0 Å². The molecule has 0 bridgehead atoms. The van der Waals surface area contributed by atoms with E-state index in [4.69, 9.17) is 20.0 Å². The molecule has 4 heterocycles. The van der Waals surface area contributed by atoms with Crippen LogP contribution in [-0.4, -0.2) is 43.2 Å². The average molecular weight is 436 g/mol. The van der Waals surface area contributed by atoms with Gasteiger partial charge in [0, 0.05) is 12.8 Å². The van der Waals surface area contributed by atoms with Gasteiger partial charge in [0.25, 0.3) is 5.91 Å². The molecular weight excluding hydrogens is 415 g/mol. The van der Waals surface area contributed by atoms with Crippen molar-refractivity contribution in [1.82, 2.24) is 24.5 Å². The number of amides is 1. The number of primary amides is 1. The van der Waals surface area contributed by atoms with Gasteiger partial charge in [-0.2, -0.15) is 14.6 Å². The number of furan rings is 1. The van der Waals surface area contributed by atoms with E-state index >= 15 is 0 Å². The monoisotopic (exact) mass is 436 g/mol. The van der Waals surface area contributed by atoms with Crippen molar-refractivity contribution in [3.63, 3.8) is 0 Å². The number of aromatic nitrogens is 5. The molecule has 1 fully saturated rings. The molecule has 1 amide bonds. The van der Waals surface area contributed by atoms with E-state index in [1.165, 1.54) is 12.1 Å². The van der Waals surface area contributed by atoms with Crippen molar-refractivity contribution in [3.8, 4) is 28.4 Å². The fourth-order valence-electron chi connectivity index (χ4n) is 3.79. The van der Waals surface area contributed by atoms with Gasteiger partial charge in [0.15, 0.2) is 5.76 Å². The summed E-state index contributed by atoms with van der Waals surface area (Å²) in [4.78, 5) is 15.3. The first-order chi connectivity index (χ1) is 15.5. The summed E-state index contributed by atoms with van der Waals surface area (Å²) in [6.45, 7) is 2.66. The summed E-state index contributed by atoms with van der Waals surface area (Å²) >= 11 is 0. The fraction of sp³-hybridized carbons (Fsp3) is 0.273. The molecule has 1 saturated carbocycles. The molecule has 10 heteroatoms. The first-order valence-corrected chi connectivity index (χ1v) is 10.3. The molecule has 2 N–H and O–H groups in total. The van der Waals surface area contributed by atoms with Crippen LogP contribution in [0.25, 0.3) is 28.4 Å². The lowest BCUT2D eigenvalue weighted by molar-refractivity contribution is -0.0226. The predicted octanol–water partition coefficient (Wildman–Crippen LogP) is 3.37. The zero-order valence-corrected chi connectivity index (χ0v) is 17.3. The zero-order valence-electron chi connectivity index (χ0n) is 17.3. The maximum Gasteiger partial charge on any atom is 0.284 e. The van der Waals surface area contributed by atoms with Crippen molar-refractivity contribution < 1.29 is 18.3 Å². The predicted molar refractivity (Wildman–Crippen MR) is 112 cm³/mol. The van der Waals surface area contributed by atoms with Crippen molar-refractivity contribution >= 4 is 5.91 Å². The Morgan fingerprint density at radius 3 is 2.84 bits per heavy atom. The normalized spacial score (nSPS) is 17.9. The van der Waals surface area contributed by atoms with Crippen LogP contribution in [0, 0.1) is 5.95 Å². The van der Waals surface area contributed by atoms with Crippen LogP contribution >= 0.6 is 0 Å². The highest BCUT2D eigenvalue weighted by Gasteiger charge is 2.32. The van der Waals surface area contributed by atoms with E-state index in [0.717, 1.165) is 12.8 Å². The summed E-state index contributed by atoms with van der Waals surface area (Å²) in [5.74, 6) is -0.700. The summed E-state index contributed by atoms with van der Waals surface area (Å²) in [5.41, 5.74) is 7.49. The number of carbonyl (C=O) groups is 1. The first-order valence-electron chi connectivity index (χ1n) is 10.3. The number of nitrogens with two attached hydrogens (primary N) is 1. The lowest BCUT2D eigenvalue weighted by Crippen LogP contribution is -2.33. The van der Waals surface area contributed by atoms with E-state index in [1.807, 2.05) is 17.8 Å². The molecule has 0 spiro atoms. The summed E-state index contributed by atoms with van der Waals surface area (Å²) in [7, 11) is 0. The van der Waals surface area contributed by atoms with Crippen molar-refractivity contribution in [2.45, 2.75) is 31.9 Å². The van der Waals surface area contributed by atoms with Gasteiger partial charge in [-0.25, -0.2) is 9.67 Å². The Balaban J connectivity index is 1.51. The van der Waals surface area contributed by atoms with Crippen LogP contribution in [0.5, 0.6) is 0 Å². The van der Waals surface area contributed by atoms with Crippen LogP contribution < -0.4 is 5.73 Å². The van der Waals surface area contributed by atoms with Gasteiger partial charge in [0.05, 0.1) is 35.8 Å². The Kier molecular flexibility index (Phi) is 5.06. The van der Waals surface area contributed by atoms with Crippen LogP contribution in [0.15, 0.2) is 53.3 Å². The van der Waals surface area contributed by atoms with Crippen LogP contribution in [0.3, 0.4) is 0 Å². The highest BCUT2D eigenvalue weighted by molar-refractivity contribution is 5.90. The molecule has 164 valence electrons. The Hall–Kier alpha value is -3.79. The van der Waals surface area contributed by atoms with Gasteiger partial charge in [0.2, 0.25) is 5.95 Å². The van der Waals surface area contributed by atoms with Gasteiger partial charge in [-0.1, -0.05) is 6.07 Å². The number of carbonyl (C=O) groups excluding carboxylic acids is 1. The maximum atomic E-state index is 13.8. The van der Waals surface area contributed by atoms with Crippen molar-refractivity contribution in [1.29, 1.82) is 0 Å². The van der Waals surface area contributed by atoms with Gasteiger partial charge >= 0.3 is 0 Å². The molecule has 5 rings (SSSR count). The van der Waals surface area contributed by atoms with E-state index in [2.05, 4.69) is 10.1 Å². The number of ether oxygens (including phenoxy) is 1. The summed E-state index contributed by atoms with van der Waals surface area (Å²) in [5, 5.41) is 9.14. The summed E-state index contributed by atoms with van der Waals surface area (Å²) in [6, 6.07) is 7.95. The van der Waals surface area contributed by atoms with E-state index in [1.54, 1.807) is 35.3 Å². The molecule has 32 heavy (non-hydrogen) atoms. The van der Waals surface area contributed by atoms with Gasteiger partial charge in [0.1, 0.15) is 17.1 Å². The molecule has 0 aromatic carbocycles. The highest BCUT2D eigenvalue weighted by Crippen LogP contribution is 2.36. The highest BCUT2D eigenvalue weighted by atomic mass is 19.1. The number of hydrogen-bond acceptors (Lipinski definition) is 6. The number of nitrogens with zero attached hydrogens (tertiary/aromatic N) is 5. The van der Waals surface area contributed by atoms with Gasteiger partial charge in [-0.05, 0) is 44.0 Å². The third-order valence-corrected chi connectivity index (χ3v) is 5.48. The van der Waals surface area contributed by atoms with E-state index in [-0.39, 0.29) is 17.9 Å². The standard InChI is InChI=1S/C22H21FN6O3/c1-2-31-15-8-14(9-15)28-12-17(21(27-28)16-4-3-5-20(23)26-16)29-11-13(10-25-29)18-6-7-19(32-18)22(24)30/h3-7,10-12,14-15H,2,8-9H2,1H3,(H2,24,30). The molecular formula is C22H21FN6O3. The Morgan fingerprint density at radius 1 is 1.28 bits per heavy atom. The second-order valence-electron chi connectivity index (χ2n) is 7.59. The molecule has 0 atom stereocenters. The third kappa shape index (κ3) is 3.69. The van der Waals surface area contributed by atoms with Crippen molar-refractivity contribution in [2.75, 3.05) is 6.61 Å². The van der Waals surface area contributed by atoms with Crippen LogP contribution in [-0.2, 0) is 4.74 Å². The number of halogens is 1. The molecule has 1 aliphatic rings. The minimum Gasteiger partial charge on any atom is -0.451 e. The SMILES string of the molecule is CCOC1CC(n2cc(-n3cc(-c4ccc(C(N)=O)o4)cn3)c(-c3cccc(F)n3)n2)C1. The second kappa shape index (κ2) is 8.04. The van der Waals surface area contributed by atoms with E-state index < -0.39 is 11.9 Å². The molecule has 4 aromatic heterocycles. The Bertz CT molecular complexity index is 1270. The van der Waals surface area contributed by atoms with Crippen LogP contribution in [0.1, 0.15) is 36.4 Å². The van der Waals surface area contributed by atoms with Gasteiger partial charge < -0.3 is 14.9 Å². The summed E-state index contributed by atoms with van der Waals surface area (Å²) < 4.78 is 28.5. The van der Waals surface area contributed by atoms with Crippen LogP contribution in [0.4, 0.5) is 4.39 Å². The first kappa shape index (κ1) is 20.1. The molecule has 1 aliphatic carbocycles. The molecule has 0 aliphatic heterocycles.